The van der Waals surface area contributed by atoms with Gasteiger partial charge in [0, 0.05) is 23.6 Å². The lowest BCUT2D eigenvalue weighted by Crippen LogP contribution is -2.19. The van der Waals surface area contributed by atoms with Crippen LogP contribution >= 0.6 is 0 Å². The molecule has 1 aliphatic rings. The fraction of sp³-hybridized carbons (Fsp3) is 0.300. The molecular weight excluding hydrogens is 316 g/mol. The molecule has 0 amide bonds. The van der Waals surface area contributed by atoms with Crippen LogP contribution in [0.3, 0.4) is 0 Å². The Kier molecular flexibility index (Phi) is 4.48. The van der Waals surface area contributed by atoms with Gasteiger partial charge in [-0.1, -0.05) is 18.2 Å². The second kappa shape index (κ2) is 7.07. The SMILES string of the molecule is COc1cc(CNCCc2c[nH]c3ccccc23)cc2c1OCCO2. The molecular formula is C20H22N2O3. The van der Waals surface area contributed by atoms with Gasteiger partial charge in [-0.25, -0.2) is 0 Å². The number of aromatic amines is 1. The first-order chi connectivity index (χ1) is 12.3. The predicted molar refractivity (Wildman–Crippen MR) is 97.7 cm³/mol. The molecule has 0 unspecified atom stereocenters. The van der Waals surface area contributed by atoms with Gasteiger partial charge >= 0.3 is 0 Å². The first-order valence-corrected chi connectivity index (χ1v) is 8.57. The molecule has 25 heavy (non-hydrogen) atoms. The summed E-state index contributed by atoms with van der Waals surface area (Å²) in [5.41, 5.74) is 3.65. The highest BCUT2D eigenvalue weighted by molar-refractivity contribution is 5.83. The third-order valence-corrected chi connectivity index (χ3v) is 4.46. The monoisotopic (exact) mass is 338 g/mol. The smallest absolute Gasteiger partial charge is 0.203 e. The Morgan fingerprint density at radius 1 is 1.16 bits per heavy atom. The zero-order chi connectivity index (χ0) is 17.1. The molecule has 4 rings (SSSR count). The Bertz CT molecular complexity index is 855. The molecule has 0 radical (unpaired) electrons. The van der Waals surface area contributed by atoms with Crippen molar-refractivity contribution in [2.45, 2.75) is 13.0 Å². The van der Waals surface area contributed by atoms with Crippen LogP contribution in [0, 0.1) is 0 Å². The van der Waals surface area contributed by atoms with Crippen molar-refractivity contribution in [1.29, 1.82) is 0 Å². The highest BCUT2D eigenvalue weighted by Gasteiger charge is 2.18. The van der Waals surface area contributed by atoms with E-state index in [9.17, 15) is 0 Å². The quantitative estimate of drug-likeness (QED) is 0.677. The van der Waals surface area contributed by atoms with E-state index in [2.05, 4.69) is 40.8 Å². The molecule has 2 aromatic carbocycles. The van der Waals surface area contributed by atoms with Gasteiger partial charge in [0.2, 0.25) is 5.75 Å². The van der Waals surface area contributed by atoms with Gasteiger partial charge in [-0.3, -0.25) is 0 Å². The molecule has 0 fully saturated rings. The van der Waals surface area contributed by atoms with E-state index in [-0.39, 0.29) is 0 Å². The molecule has 0 aliphatic carbocycles. The van der Waals surface area contributed by atoms with Crippen LogP contribution in [0.2, 0.25) is 0 Å². The number of hydrogen-bond acceptors (Lipinski definition) is 4. The van der Waals surface area contributed by atoms with Crippen LogP contribution in [0.1, 0.15) is 11.1 Å². The maximum Gasteiger partial charge on any atom is 0.203 e. The number of aromatic nitrogens is 1. The van der Waals surface area contributed by atoms with Crippen molar-refractivity contribution >= 4 is 10.9 Å². The first kappa shape index (κ1) is 15.8. The average Bonchev–Trinajstić information content (AvgIpc) is 3.08. The highest BCUT2D eigenvalue weighted by atomic mass is 16.6. The third-order valence-electron chi connectivity index (χ3n) is 4.46. The van der Waals surface area contributed by atoms with Crippen LogP contribution in [-0.4, -0.2) is 31.9 Å². The fourth-order valence-electron chi connectivity index (χ4n) is 3.22. The summed E-state index contributed by atoms with van der Waals surface area (Å²) < 4.78 is 16.8. The van der Waals surface area contributed by atoms with Gasteiger partial charge in [-0.15, -0.1) is 0 Å². The van der Waals surface area contributed by atoms with E-state index in [1.807, 2.05) is 12.1 Å². The van der Waals surface area contributed by atoms with E-state index in [1.54, 1.807) is 7.11 Å². The van der Waals surface area contributed by atoms with Gasteiger partial charge in [0.05, 0.1) is 7.11 Å². The average molecular weight is 338 g/mol. The topological polar surface area (TPSA) is 55.5 Å². The number of benzene rings is 2. The van der Waals surface area contributed by atoms with Crippen molar-refractivity contribution in [3.63, 3.8) is 0 Å². The summed E-state index contributed by atoms with van der Waals surface area (Å²) in [5, 5.41) is 4.79. The van der Waals surface area contributed by atoms with Crippen molar-refractivity contribution in [2.75, 3.05) is 26.9 Å². The summed E-state index contributed by atoms with van der Waals surface area (Å²) in [7, 11) is 1.65. The predicted octanol–water partition coefficient (Wildman–Crippen LogP) is 3.28. The second-order valence-electron chi connectivity index (χ2n) is 6.11. The minimum Gasteiger partial charge on any atom is -0.493 e. The fourth-order valence-corrected chi connectivity index (χ4v) is 3.22. The number of ether oxygens (including phenoxy) is 3. The maximum atomic E-state index is 5.68. The van der Waals surface area contributed by atoms with Crippen molar-refractivity contribution in [1.82, 2.24) is 10.3 Å². The Morgan fingerprint density at radius 3 is 2.96 bits per heavy atom. The molecule has 5 nitrogen and oxygen atoms in total. The lowest BCUT2D eigenvalue weighted by atomic mass is 10.1. The first-order valence-electron chi connectivity index (χ1n) is 8.57. The van der Waals surface area contributed by atoms with Crippen molar-refractivity contribution in [3.8, 4) is 17.2 Å². The third kappa shape index (κ3) is 3.28. The van der Waals surface area contributed by atoms with Gasteiger partial charge in [0.15, 0.2) is 11.5 Å². The number of fused-ring (bicyclic) bond motifs is 2. The van der Waals surface area contributed by atoms with Crippen molar-refractivity contribution in [2.24, 2.45) is 0 Å². The highest BCUT2D eigenvalue weighted by Crippen LogP contribution is 2.40. The van der Waals surface area contributed by atoms with Gasteiger partial charge in [0.1, 0.15) is 13.2 Å². The molecule has 0 saturated carbocycles. The van der Waals surface area contributed by atoms with E-state index in [4.69, 9.17) is 14.2 Å². The number of rotatable bonds is 6. The lowest BCUT2D eigenvalue weighted by Gasteiger charge is -2.21. The molecule has 1 aliphatic heterocycles. The van der Waals surface area contributed by atoms with Crippen LogP contribution in [0.5, 0.6) is 17.2 Å². The van der Waals surface area contributed by atoms with E-state index >= 15 is 0 Å². The minimum atomic E-state index is 0.561. The van der Waals surface area contributed by atoms with Gasteiger partial charge in [-0.2, -0.15) is 0 Å². The number of hydrogen-bond donors (Lipinski definition) is 2. The minimum absolute atomic E-state index is 0.561. The molecule has 0 bridgehead atoms. The Hall–Kier alpha value is -2.66. The summed E-state index contributed by atoms with van der Waals surface area (Å²) in [6, 6.07) is 12.4. The molecule has 5 heteroatoms. The molecule has 2 N–H and O–H groups in total. The molecule has 3 aromatic rings. The van der Waals surface area contributed by atoms with Gasteiger partial charge in [-0.05, 0) is 42.3 Å². The summed E-state index contributed by atoms with van der Waals surface area (Å²) in [6.45, 7) is 2.80. The van der Waals surface area contributed by atoms with Crippen LogP contribution < -0.4 is 19.5 Å². The largest absolute Gasteiger partial charge is 0.493 e. The number of H-pyrrole nitrogens is 1. The van der Waals surface area contributed by atoms with Crippen LogP contribution in [0.4, 0.5) is 0 Å². The summed E-state index contributed by atoms with van der Waals surface area (Å²) in [4.78, 5) is 3.32. The molecule has 1 aromatic heterocycles. The normalized spacial score (nSPS) is 13.2. The summed E-state index contributed by atoms with van der Waals surface area (Å²) in [5.74, 6) is 2.20. The number of methoxy groups -OCH3 is 1. The Balaban J connectivity index is 1.38. The van der Waals surface area contributed by atoms with E-state index in [0.29, 0.717) is 19.0 Å². The summed E-state index contributed by atoms with van der Waals surface area (Å²) in [6.07, 6.45) is 3.07. The maximum absolute atomic E-state index is 5.68. The Labute approximate surface area is 146 Å². The van der Waals surface area contributed by atoms with E-state index in [0.717, 1.165) is 36.6 Å². The standard InChI is InChI=1S/C20H22N2O3/c1-23-18-10-14(11-19-20(18)25-9-8-24-19)12-21-7-6-15-13-22-17-5-3-2-4-16(15)17/h2-5,10-11,13,21-22H,6-9,12H2,1H3. The molecule has 130 valence electrons. The van der Waals surface area contributed by atoms with E-state index in [1.165, 1.54) is 16.5 Å². The van der Waals surface area contributed by atoms with Crippen molar-refractivity contribution < 1.29 is 14.2 Å². The second-order valence-corrected chi connectivity index (χ2v) is 6.11. The van der Waals surface area contributed by atoms with Gasteiger partial charge < -0.3 is 24.5 Å². The molecule has 0 saturated heterocycles. The zero-order valence-corrected chi connectivity index (χ0v) is 14.3. The number of para-hydroxylation sites is 1. The Morgan fingerprint density at radius 2 is 2.04 bits per heavy atom. The molecule has 0 spiro atoms. The van der Waals surface area contributed by atoms with Crippen LogP contribution in [0.15, 0.2) is 42.6 Å². The molecule has 2 heterocycles. The zero-order valence-electron chi connectivity index (χ0n) is 14.3. The number of nitrogens with one attached hydrogen (secondary N) is 2. The van der Waals surface area contributed by atoms with Gasteiger partial charge in [0.25, 0.3) is 0 Å². The lowest BCUT2D eigenvalue weighted by molar-refractivity contribution is 0.165. The summed E-state index contributed by atoms with van der Waals surface area (Å²) >= 11 is 0. The van der Waals surface area contributed by atoms with Crippen LogP contribution in [-0.2, 0) is 13.0 Å². The van der Waals surface area contributed by atoms with Crippen molar-refractivity contribution in [3.05, 3.63) is 53.7 Å². The molecule has 0 atom stereocenters. The van der Waals surface area contributed by atoms with E-state index < -0.39 is 0 Å². The van der Waals surface area contributed by atoms with Crippen LogP contribution in [0.25, 0.3) is 10.9 Å².